The number of hydrogen-bond donors (Lipinski definition) is 4. The topological polar surface area (TPSA) is 175 Å². The van der Waals surface area contributed by atoms with Crippen LogP contribution in [0.25, 0.3) is 0 Å². The molecule has 0 atom stereocenters. The van der Waals surface area contributed by atoms with Crippen LogP contribution in [0.3, 0.4) is 0 Å². The summed E-state index contributed by atoms with van der Waals surface area (Å²) in [4.78, 5) is 24.6. The third-order valence-electron chi connectivity index (χ3n) is 3.61. The van der Waals surface area contributed by atoms with Crippen LogP contribution in [-0.2, 0) is 15.9 Å². The van der Waals surface area contributed by atoms with Crippen molar-refractivity contribution >= 4 is 35.0 Å². The van der Waals surface area contributed by atoms with E-state index < -0.39 is 17.3 Å². The number of amides is 1. The van der Waals surface area contributed by atoms with Crippen LogP contribution < -0.4 is 17.0 Å². The molecule has 2 rings (SSSR count). The van der Waals surface area contributed by atoms with Crippen molar-refractivity contribution in [3.8, 4) is 5.88 Å². The van der Waals surface area contributed by atoms with E-state index in [0.29, 0.717) is 22.6 Å². The lowest BCUT2D eigenvalue weighted by molar-refractivity contribution is -0.432. The molecule has 144 valence electrons. The maximum Gasteiger partial charge on any atom is 0.281 e. The number of aromatic nitrogens is 1. The predicted octanol–water partition coefficient (Wildman–Crippen LogP) is 2.41. The quantitative estimate of drug-likeness (QED) is 0.182. The van der Waals surface area contributed by atoms with Gasteiger partial charge < -0.3 is 16.6 Å². The molecule has 0 saturated heterocycles. The fraction of sp³-hybridized carbons (Fsp3) is 0.200. The van der Waals surface area contributed by atoms with Crippen molar-refractivity contribution in [2.24, 2.45) is 16.0 Å². The summed E-state index contributed by atoms with van der Waals surface area (Å²) in [5, 5.41) is 29.9. The molecule has 0 fully saturated rings. The maximum atomic E-state index is 12.6. The number of hydrogen-bond acceptors (Lipinski definition) is 10. The van der Waals surface area contributed by atoms with Gasteiger partial charge in [-0.3, -0.25) is 14.2 Å². The number of nitrogens with two attached hydrogens (primary N) is 2. The van der Waals surface area contributed by atoms with Crippen molar-refractivity contribution in [2.45, 2.75) is 25.3 Å². The third-order valence-corrected chi connectivity index (χ3v) is 4.27. The molecule has 0 aliphatic rings. The lowest BCUT2D eigenvalue weighted by atomic mass is 10.1. The molecule has 0 radical (unpaired) electrons. The molecule has 11 nitrogen and oxygen atoms in total. The molecule has 0 unspecified atom stereocenters. The molecule has 1 aromatic heterocycles. The molecule has 0 aliphatic carbocycles. The number of benzene rings is 1. The normalized spacial score (nSPS) is 11.2. The first-order valence-electron chi connectivity index (χ1n) is 7.54. The Morgan fingerprint density at radius 1 is 1.37 bits per heavy atom. The molecule has 0 bridgehead atoms. The Morgan fingerprint density at radius 2 is 2.07 bits per heavy atom. The third kappa shape index (κ3) is 4.25. The minimum Gasteiger partial charge on any atom is -0.494 e. The summed E-state index contributed by atoms with van der Waals surface area (Å²) >= 11 is 0.638. The number of rotatable bonds is 7. The van der Waals surface area contributed by atoms with Crippen LogP contribution in [0.2, 0.25) is 0 Å². The van der Waals surface area contributed by atoms with E-state index in [0.717, 1.165) is 4.57 Å². The summed E-state index contributed by atoms with van der Waals surface area (Å²) in [6, 6.07) is 4.55. The number of nitrogens with zero attached hydrogens (tertiary/aromatic N) is 3. The van der Waals surface area contributed by atoms with E-state index >= 15 is 0 Å². The molecule has 1 aromatic carbocycles. The zero-order valence-electron chi connectivity index (χ0n) is 14.4. The highest BCUT2D eigenvalue weighted by atomic mass is 32.2. The van der Waals surface area contributed by atoms with Gasteiger partial charge in [0, 0.05) is 17.8 Å². The zero-order valence-corrected chi connectivity index (χ0v) is 15.2. The Hall–Kier alpha value is -2.93. The van der Waals surface area contributed by atoms with E-state index in [9.17, 15) is 14.7 Å². The number of aromatic hydroxyl groups is 1. The van der Waals surface area contributed by atoms with Crippen molar-refractivity contribution in [3.05, 3.63) is 39.7 Å². The molecule has 27 heavy (non-hydrogen) atoms. The first kappa shape index (κ1) is 20.4. The number of carbonyl (C=O) groups excluding carboxylic acids is 1. The number of pyridine rings is 1. The van der Waals surface area contributed by atoms with E-state index in [-0.39, 0.29) is 29.0 Å². The molecule has 0 spiro atoms. The largest absolute Gasteiger partial charge is 0.494 e. The molecule has 6 N–H and O–H groups in total. The smallest absolute Gasteiger partial charge is 0.281 e. The zero-order chi connectivity index (χ0) is 20.1. The molecule has 2 aromatic rings. The van der Waals surface area contributed by atoms with Gasteiger partial charge in [0.15, 0.2) is 5.69 Å². The number of anilines is 1. The Balaban J connectivity index is 2.61. The number of carbonyl (C=O) groups is 1. The Bertz CT molecular complexity index is 959. The average Bonchev–Trinajstić information content (AvgIpc) is 2.60. The first-order chi connectivity index (χ1) is 12.8. The molecule has 0 aliphatic heterocycles. The number of primary amides is 1. The van der Waals surface area contributed by atoms with Gasteiger partial charge in [-0.25, -0.2) is 5.26 Å². The van der Waals surface area contributed by atoms with Gasteiger partial charge in [-0.05, 0) is 32.0 Å². The van der Waals surface area contributed by atoms with Crippen LogP contribution in [0.4, 0.5) is 17.1 Å². The van der Waals surface area contributed by atoms with Crippen molar-refractivity contribution < 1.29 is 24.5 Å². The second kappa shape index (κ2) is 8.64. The SMILES string of the molecule is CCn1c(O)c(C(N)=O)c(C)c(N=Nc2cc(N)ccc2SOOO)c1=O. The average molecular weight is 395 g/mol. The van der Waals surface area contributed by atoms with Crippen molar-refractivity contribution in [2.75, 3.05) is 5.73 Å². The molecular weight excluding hydrogens is 378 g/mol. The predicted molar refractivity (Wildman–Crippen MR) is 97.0 cm³/mol. The summed E-state index contributed by atoms with van der Waals surface area (Å²) in [6.07, 6.45) is 0. The van der Waals surface area contributed by atoms with Gasteiger partial charge in [-0.1, -0.05) is 5.04 Å². The summed E-state index contributed by atoms with van der Waals surface area (Å²) in [6.45, 7) is 3.13. The second-order valence-corrected chi connectivity index (χ2v) is 5.98. The van der Waals surface area contributed by atoms with Crippen LogP contribution in [0.5, 0.6) is 5.88 Å². The van der Waals surface area contributed by atoms with E-state index in [1.165, 1.54) is 19.1 Å². The Kier molecular flexibility index (Phi) is 6.52. The Morgan fingerprint density at radius 3 is 2.67 bits per heavy atom. The fourth-order valence-electron chi connectivity index (χ4n) is 2.35. The van der Waals surface area contributed by atoms with Gasteiger partial charge in [0.05, 0.1) is 16.9 Å². The van der Waals surface area contributed by atoms with Crippen LogP contribution in [0, 0.1) is 6.92 Å². The fourth-order valence-corrected chi connectivity index (χ4v) is 2.76. The van der Waals surface area contributed by atoms with Crippen molar-refractivity contribution in [3.63, 3.8) is 0 Å². The summed E-state index contributed by atoms with van der Waals surface area (Å²) in [5.74, 6) is -1.43. The van der Waals surface area contributed by atoms with E-state index in [2.05, 4.69) is 19.6 Å². The highest BCUT2D eigenvalue weighted by molar-refractivity contribution is 7.94. The minimum absolute atomic E-state index is 0.0893. The van der Waals surface area contributed by atoms with Gasteiger partial charge in [-0.2, -0.15) is 0 Å². The minimum atomic E-state index is -0.905. The highest BCUT2D eigenvalue weighted by Crippen LogP contribution is 2.34. The van der Waals surface area contributed by atoms with Gasteiger partial charge >= 0.3 is 0 Å². The standard InChI is InChI=1S/C15H17N5O6S/c1-3-20-14(22)11(13(17)21)7(2)12(15(20)23)19-18-9-6-8(16)4-5-10(9)27-26-25-24/h4-6,22,24H,3,16H2,1-2H3,(H2,17,21). The molecule has 1 heterocycles. The van der Waals surface area contributed by atoms with E-state index in [1.54, 1.807) is 13.0 Å². The molecule has 0 saturated carbocycles. The molecule has 12 heteroatoms. The maximum absolute atomic E-state index is 12.6. The lowest BCUT2D eigenvalue weighted by Crippen LogP contribution is -2.25. The van der Waals surface area contributed by atoms with Crippen LogP contribution in [0.1, 0.15) is 22.8 Å². The van der Waals surface area contributed by atoms with Gasteiger partial charge in [-0.15, -0.1) is 14.6 Å². The van der Waals surface area contributed by atoms with Crippen LogP contribution in [0.15, 0.2) is 38.1 Å². The van der Waals surface area contributed by atoms with Gasteiger partial charge in [0.1, 0.15) is 11.3 Å². The molecular formula is C15H17N5O6S. The lowest BCUT2D eigenvalue weighted by Gasteiger charge is -2.13. The van der Waals surface area contributed by atoms with Crippen LogP contribution >= 0.6 is 12.0 Å². The second-order valence-electron chi connectivity index (χ2n) is 5.24. The Labute approximate surface area is 157 Å². The van der Waals surface area contributed by atoms with Gasteiger partial charge in [0.2, 0.25) is 5.88 Å². The summed E-state index contributed by atoms with van der Waals surface area (Å²) < 4.78 is 5.33. The van der Waals surface area contributed by atoms with Crippen molar-refractivity contribution in [1.29, 1.82) is 0 Å². The van der Waals surface area contributed by atoms with Gasteiger partial charge in [0.25, 0.3) is 11.5 Å². The highest BCUT2D eigenvalue weighted by Gasteiger charge is 2.22. The number of azo groups is 1. The number of nitrogen functional groups attached to an aromatic ring is 1. The first-order valence-corrected chi connectivity index (χ1v) is 8.28. The monoisotopic (exact) mass is 395 g/mol. The molecule has 1 amide bonds. The van der Waals surface area contributed by atoms with Crippen LogP contribution in [-0.4, -0.2) is 20.8 Å². The van der Waals surface area contributed by atoms with E-state index in [1.807, 2.05) is 0 Å². The van der Waals surface area contributed by atoms with E-state index in [4.69, 9.17) is 16.7 Å². The summed E-state index contributed by atoms with van der Waals surface area (Å²) in [5.41, 5.74) is 10.7. The summed E-state index contributed by atoms with van der Waals surface area (Å²) in [7, 11) is 0. The van der Waals surface area contributed by atoms with Crippen molar-refractivity contribution in [1.82, 2.24) is 4.57 Å².